The quantitative estimate of drug-likeness (QED) is 0.485. The molecule has 0 spiro atoms. The van der Waals surface area contributed by atoms with E-state index in [9.17, 15) is 19.2 Å². The maximum absolute atomic E-state index is 12.4. The smallest absolute Gasteiger partial charge is 0.234 e. The number of hydrogen-bond donors (Lipinski definition) is 0. The van der Waals surface area contributed by atoms with Gasteiger partial charge in [-0.05, 0) is 0 Å². The van der Waals surface area contributed by atoms with Crippen LogP contribution in [0, 0.1) is 0 Å². The zero-order valence-corrected chi connectivity index (χ0v) is 17.1. The molecule has 0 radical (unpaired) electrons. The molecule has 2 atom stereocenters. The predicted octanol–water partition coefficient (Wildman–Crippen LogP) is 0.417. The number of hydrogen-bond acceptors (Lipinski definition) is 4. The molecule has 0 saturated carbocycles. The lowest BCUT2D eigenvalue weighted by molar-refractivity contribution is -1.11. The van der Waals surface area contributed by atoms with Gasteiger partial charge in [0.2, 0.25) is 23.6 Å². The SMILES string of the molecule is CCC(N1C(=O)CCC1=O)[N+]12CC[N+](C(CC)N3C(=O)CCC3=O)(CC1)CC2. The fraction of sp³-hybridized carbons (Fsp3) is 0.800. The topological polar surface area (TPSA) is 74.8 Å². The number of quaternary nitrogens is 2. The molecule has 0 aromatic carbocycles. The Morgan fingerprint density at radius 3 is 1.07 bits per heavy atom. The zero-order valence-electron chi connectivity index (χ0n) is 17.1. The van der Waals surface area contributed by atoms with E-state index in [2.05, 4.69) is 13.8 Å². The number of fused-ring (bicyclic) bond motifs is 3. The summed E-state index contributed by atoms with van der Waals surface area (Å²) in [6, 6.07) is 0. The van der Waals surface area contributed by atoms with Crippen molar-refractivity contribution >= 4 is 23.6 Å². The minimum Gasteiger partial charge on any atom is -0.290 e. The molecule has 2 unspecified atom stereocenters. The third-order valence-corrected chi connectivity index (χ3v) is 7.74. The van der Waals surface area contributed by atoms with E-state index in [1.165, 1.54) is 0 Å². The summed E-state index contributed by atoms with van der Waals surface area (Å²) in [7, 11) is 0. The lowest BCUT2D eigenvalue weighted by Crippen LogP contribution is -2.82. The molecule has 5 fully saturated rings. The van der Waals surface area contributed by atoms with E-state index < -0.39 is 0 Å². The number of likely N-dealkylation sites (tertiary alicyclic amines) is 2. The second kappa shape index (κ2) is 6.91. The van der Waals surface area contributed by atoms with E-state index in [4.69, 9.17) is 0 Å². The first kappa shape index (κ1) is 19.5. The second-order valence-corrected chi connectivity index (χ2v) is 8.87. The van der Waals surface area contributed by atoms with Crippen molar-refractivity contribution in [3.05, 3.63) is 0 Å². The minimum absolute atomic E-state index is 0.0269. The average Bonchev–Trinajstić information content (AvgIpc) is 3.21. The summed E-state index contributed by atoms with van der Waals surface area (Å²) in [5.74, 6) is -0.108. The maximum Gasteiger partial charge on any atom is 0.234 e. The normalized spacial score (nSPS) is 35.2. The van der Waals surface area contributed by atoms with Crippen LogP contribution in [0.4, 0.5) is 0 Å². The van der Waals surface area contributed by atoms with Crippen molar-refractivity contribution in [3.8, 4) is 0 Å². The molecule has 2 bridgehead atoms. The van der Waals surface area contributed by atoms with Gasteiger partial charge in [-0.25, -0.2) is 9.80 Å². The summed E-state index contributed by atoms with van der Waals surface area (Å²) in [5.41, 5.74) is 0. The van der Waals surface area contributed by atoms with Crippen LogP contribution in [-0.4, -0.2) is 94.0 Å². The summed E-state index contributed by atoms with van der Waals surface area (Å²) in [5, 5.41) is 0. The van der Waals surface area contributed by atoms with Crippen molar-refractivity contribution in [3.63, 3.8) is 0 Å². The highest BCUT2D eigenvalue weighted by Crippen LogP contribution is 2.37. The Morgan fingerprint density at radius 1 is 0.607 bits per heavy atom. The van der Waals surface area contributed by atoms with Crippen molar-refractivity contribution in [2.75, 3.05) is 39.3 Å². The molecule has 8 nitrogen and oxygen atoms in total. The van der Waals surface area contributed by atoms with Crippen molar-refractivity contribution < 1.29 is 28.1 Å². The van der Waals surface area contributed by atoms with Crippen molar-refractivity contribution in [2.24, 2.45) is 0 Å². The highest BCUT2D eigenvalue weighted by atomic mass is 16.2. The van der Waals surface area contributed by atoms with Crippen molar-refractivity contribution in [2.45, 2.75) is 64.7 Å². The van der Waals surface area contributed by atoms with Gasteiger partial charge >= 0.3 is 0 Å². The van der Waals surface area contributed by atoms with Gasteiger partial charge in [0.1, 0.15) is 39.3 Å². The monoisotopic (exact) mass is 392 g/mol. The number of nitrogens with zero attached hydrogens (tertiary/aromatic N) is 4. The molecular weight excluding hydrogens is 360 g/mol. The second-order valence-electron chi connectivity index (χ2n) is 8.87. The number of carbonyl (C=O) groups excluding carboxylic acids is 4. The van der Waals surface area contributed by atoms with Crippen LogP contribution >= 0.6 is 0 Å². The first-order chi connectivity index (χ1) is 13.4. The summed E-state index contributed by atoms with van der Waals surface area (Å²) < 4.78 is 1.60. The van der Waals surface area contributed by atoms with Gasteiger partial charge in [-0.1, -0.05) is 13.8 Å². The molecule has 0 aromatic rings. The van der Waals surface area contributed by atoms with Crippen LogP contribution in [0.25, 0.3) is 0 Å². The van der Waals surface area contributed by atoms with Gasteiger partial charge in [-0.2, -0.15) is 0 Å². The van der Waals surface area contributed by atoms with Gasteiger partial charge in [0.15, 0.2) is 12.3 Å². The van der Waals surface area contributed by atoms with E-state index in [0.29, 0.717) is 25.7 Å². The molecule has 8 heteroatoms. The van der Waals surface area contributed by atoms with Crippen molar-refractivity contribution in [1.29, 1.82) is 0 Å². The Bertz CT molecular complexity index is 604. The van der Waals surface area contributed by atoms with Crippen LogP contribution in [0.5, 0.6) is 0 Å². The number of piperazine rings is 3. The molecule has 154 valence electrons. The Balaban J connectivity index is 1.56. The highest BCUT2D eigenvalue weighted by molar-refractivity contribution is 6.02. The average molecular weight is 393 g/mol. The standard InChI is InChI=1S/C20H32N4O4/c1-3-15(21-17(25)5-6-18(21)26)23-9-12-24(13-10-23,14-11-23)16(4-2)22-19(27)7-8-20(22)28/h15-16H,3-14H2,1-2H3/q+2. The van der Waals surface area contributed by atoms with E-state index in [1.807, 2.05) is 0 Å². The lowest BCUT2D eigenvalue weighted by atomic mass is 10.0. The van der Waals surface area contributed by atoms with Gasteiger partial charge < -0.3 is 0 Å². The van der Waals surface area contributed by atoms with E-state index in [1.54, 1.807) is 9.80 Å². The number of imide groups is 2. The third kappa shape index (κ3) is 2.72. The molecule has 4 amide bonds. The molecule has 0 N–H and O–H groups in total. The van der Waals surface area contributed by atoms with Crippen molar-refractivity contribution in [1.82, 2.24) is 9.80 Å². The number of rotatable bonds is 6. The van der Waals surface area contributed by atoms with E-state index in [0.717, 1.165) is 61.1 Å². The van der Waals surface area contributed by atoms with Crippen LogP contribution in [0.2, 0.25) is 0 Å². The van der Waals surface area contributed by atoms with E-state index >= 15 is 0 Å². The molecule has 28 heavy (non-hydrogen) atoms. The van der Waals surface area contributed by atoms with Gasteiger partial charge in [0.05, 0.1) is 0 Å². The zero-order chi connectivity index (χ0) is 20.1. The summed E-state index contributed by atoms with van der Waals surface area (Å²) in [4.78, 5) is 52.6. The highest BCUT2D eigenvalue weighted by Gasteiger charge is 2.59. The van der Waals surface area contributed by atoms with Gasteiger partial charge in [0.25, 0.3) is 0 Å². The van der Waals surface area contributed by atoms with Crippen LogP contribution < -0.4 is 0 Å². The van der Waals surface area contributed by atoms with Gasteiger partial charge in [-0.3, -0.25) is 28.1 Å². The minimum atomic E-state index is -0.0693. The molecule has 5 aliphatic heterocycles. The molecule has 0 aromatic heterocycles. The number of carbonyl (C=O) groups is 4. The first-order valence-electron chi connectivity index (χ1n) is 10.8. The predicted molar refractivity (Wildman–Crippen MR) is 100 cm³/mol. The molecule has 5 rings (SSSR count). The fourth-order valence-corrected chi connectivity index (χ4v) is 6.24. The Hall–Kier alpha value is -1.80. The third-order valence-electron chi connectivity index (χ3n) is 7.74. The first-order valence-corrected chi connectivity index (χ1v) is 10.8. The molecule has 0 aliphatic carbocycles. The largest absolute Gasteiger partial charge is 0.290 e. The van der Waals surface area contributed by atoms with Crippen LogP contribution in [0.15, 0.2) is 0 Å². The van der Waals surface area contributed by atoms with Crippen LogP contribution in [0.1, 0.15) is 52.4 Å². The van der Waals surface area contributed by atoms with E-state index in [-0.39, 0.29) is 36.0 Å². The molecular formula is C20H32N4O4+2. The Labute approximate surface area is 166 Å². The van der Waals surface area contributed by atoms with Crippen LogP contribution in [0.3, 0.4) is 0 Å². The molecule has 5 saturated heterocycles. The Morgan fingerprint density at radius 2 is 0.857 bits per heavy atom. The molecule has 5 aliphatic rings. The lowest BCUT2D eigenvalue weighted by Gasteiger charge is -2.61. The number of amides is 4. The maximum atomic E-state index is 12.4. The summed E-state index contributed by atoms with van der Waals surface area (Å²) in [6.45, 7) is 9.48. The fourth-order valence-electron chi connectivity index (χ4n) is 6.24. The molecule has 5 heterocycles. The van der Waals surface area contributed by atoms with Gasteiger partial charge in [0, 0.05) is 38.5 Å². The van der Waals surface area contributed by atoms with Gasteiger partial charge in [-0.15, -0.1) is 0 Å². The Kier molecular flexibility index (Phi) is 4.82. The van der Waals surface area contributed by atoms with Crippen LogP contribution in [-0.2, 0) is 19.2 Å². The summed E-state index contributed by atoms with van der Waals surface area (Å²) in [6.07, 6.45) is 2.77. The summed E-state index contributed by atoms with van der Waals surface area (Å²) >= 11 is 0.